The Kier molecular flexibility index (Phi) is 6.87. The minimum Gasteiger partial charge on any atom is -0.382 e. The molecule has 0 aliphatic rings. The predicted molar refractivity (Wildman–Crippen MR) is 90.9 cm³/mol. The van der Waals surface area contributed by atoms with Gasteiger partial charge in [0.2, 0.25) is 0 Å². The van der Waals surface area contributed by atoms with Gasteiger partial charge in [-0.25, -0.2) is 4.79 Å². The van der Waals surface area contributed by atoms with Crippen LogP contribution in [0.3, 0.4) is 0 Å². The molecule has 0 unspecified atom stereocenters. The van der Waals surface area contributed by atoms with Crippen LogP contribution in [-0.2, 0) is 16.7 Å². The second-order valence-electron chi connectivity index (χ2n) is 6.03. The van der Waals surface area contributed by atoms with E-state index in [9.17, 15) is 13.2 Å². The smallest absolute Gasteiger partial charge is 0.319 e. The quantitative estimate of drug-likeness (QED) is 0.714. The maximum Gasteiger partial charge on any atom is 0.319 e. The molecular weight excluding hydrogens is 316 g/mol. The van der Waals surface area contributed by atoms with Crippen LogP contribution in [0.5, 0.6) is 5.75 Å². The third-order valence-corrected chi connectivity index (χ3v) is 4.24. The summed E-state index contributed by atoms with van der Waals surface area (Å²) < 4.78 is 28.1. The Morgan fingerprint density at radius 1 is 1.26 bits per heavy atom. The number of carbonyl (C=O) groups is 1. The predicted octanol–water partition coefficient (Wildman–Crippen LogP) is 2.55. The van der Waals surface area contributed by atoms with E-state index >= 15 is 0 Å². The van der Waals surface area contributed by atoms with Gasteiger partial charge in [-0.3, -0.25) is 0 Å². The molecule has 0 atom stereocenters. The van der Waals surface area contributed by atoms with Crippen molar-refractivity contribution in [3.63, 3.8) is 0 Å². The summed E-state index contributed by atoms with van der Waals surface area (Å²) in [6.07, 6.45) is 0. The maximum atomic E-state index is 12.3. The van der Waals surface area contributed by atoms with Crippen LogP contribution in [0, 0.1) is 5.92 Å². The first-order valence-electron chi connectivity index (χ1n) is 7.62. The molecule has 0 bridgehead atoms. The third kappa shape index (κ3) is 6.48. The molecule has 7 heteroatoms. The summed E-state index contributed by atoms with van der Waals surface area (Å²) >= 11 is 0. The molecule has 0 aromatic heterocycles. The van der Waals surface area contributed by atoms with Crippen LogP contribution >= 0.6 is 0 Å². The molecule has 0 aliphatic carbocycles. The van der Waals surface area contributed by atoms with E-state index in [1.807, 2.05) is 19.9 Å². The molecule has 0 spiro atoms. The molecule has 0 fully saturated rings. The van der Waals surface area contributed by atoms with Crippen LogP contribution in [-0.4, -0.2) is 50.6 Å². The summed E-state index contributed by atoms with van der Waals surface area (Å²) in [6.45, 7) is 6.64. The highest BCUT2D eigenvalue weighted by atomic mass is 32.2. The summed E-state index contributed by atoms with van der Waals surface area (Å²) in [7, 11) is -0.133. The minimum atomic E-state index is -3.56. The van der Waals surface area contributed by atoms with E-state index in [1.54, 1.807) is 37.2 Å². The lowest BCUT2D eigenvalue weighted by Gasteiger charge is -2.27. The van der Waals surface area contributed by atoms with Crippen molar-refractivity contribution in [2.75, 3.05) is 26.4 Å². The molecule has 0 aliphatic heterocycles. The van der Waals surface area contributed by atoms with Crippen molar-refractivity contribution >= 4 is 16.1 Å². The number of hydrogen-bond donors (Lipinski definition) is 0. The zero-order valence-corrected chi connectivity index (χ0v) is 15.3. The monoisotopic (exact) mass is 342 g/mol. The zero-order chi connectivity index (χ0) is 17.6. The van der Waals surface area contributed by atoms with Crippen molar-refractivity contribution in [1.82, 2.24) is 9.80 Å². The lowest BCUT2D eigenvalue weighted by molar-refractivity contribution is 0.161. The van der Waals surface area contributed by atoms with E-state index in [0.717, 1.165) is 5.56 Å². The molecule has 1 aromatic rings. The topological polar surface area (TPSA) is 66.9 Å². The van der Waals surface area contributed by atoms with Crippen molar-refractivity contribution in [2.45, 2.75) is 27.3 Å². The van der Waals surface area contributed by atoms with Crippen LogP contribution < -0.4 is 4.18 Å². The van der Waals surface area contributed by atoms with Crippen LogP contribution in [0.4, 0.5) is 4.79 Å². The zero-order valence-electron chi connectivity index (χ0n) is 14.4. The molecule has 0 heterocycles. The van der Waals surface area contributed by atoms with Crippen LogP contribution in [0.2, 0.25) is 0 Å². The summed E-state index contributed by atoms with van der Waals surface area (Å²) in [6, 6.07) is 6.75. The highest BCUT2D eigenvalue weighted by Gasteiger charge is 2.18. The molecule has 0 N–H and O–H groups in total. The molecule has 1 aromatic carbocycles. The van der Waals surface area contributed by atoms with Gasteiger partial charge < -0.3 is 14.0 Å². The first kappa shape index (κ1) is 19.3. The van der Waals surface area contributed by atoms with Crippen molar-refractivity contribution < 1.29 is 17.4 Å². The second-order valence-corrected chi connectivity index (χ2v) is 7.89. The van der Waals surface area contributed by atoms with Crippen molar-refractivity contribution in [1.29, 1.82) is 0 Å². The molecule has 1 rings (SSSR count). The minimum absolute atomic E-state index is 0.0776. The number of amides is 2. The SMILES string of the molecule is CCS(=O)(=O)Oc1cccc(CN(CC(C)C)C(=O)N(C)C)c1. The molecule has 23 heavy (non-hydrogen) atoms. The second kappa shape index (κ2) is 8.19. The lowest BCUT2D eigenvalue weighted by atomic mass is 10.1. The fourth-order valence-electron chi connectivity index (χ4n) is 2.06. The Hall–Kier alpha value is -1.76. The van der Waals surface area contributed by atoms with Crippen LogP contribution in [0.15, 0.2) is 24.3 Å². The normalized spacial score (nSPS) is 11.4. The van der Waals surface area contributed by atoms with E-state index in [1.165, 1.54) is 11.8 Å². The van der Waals surface area contributed by atoms with Gasteiger partial charge in [0.1, 0.15) is 5.75 Å². The fourth-order valence-corrected chi connectivity index (χ4v) is 2.57. The Labute approximate surface area is 139 Å². The maximum absolute atomic E-state index is 12.3. The summed E-state index contributed by atoms with van der Waals surface area (Å²) in [5.41, 5.74) is 0.824. The molecule has 0 saturated carbocycles. The van der Waals surface area contributed by atoms with Gasteiger partial charge in [0.05, 0.1) is 5.75 Å². The summed E-state index contributed by atoms with van der Waals surface area (Å²) in [4.78, 5) is 15.5. The molecule has 0 radical (unpaired) electrons. The lowest BCUT2D eigenvalue weighted by Crippen LogP contribution is -2.40. The van der Waals surface area contributed by atoms with Crippen molar-refractivity contribution in [2.24, 2.45) is 5.92 Å². The van der Waals surface area contributed by atoms with Gasteiger partial charge in [-0.2, -0.15) is 8.42 Å². The van der Waals surface area contributed by atoms with E-state index in [-0.39, 0.29) is 17.5 Å². The molecule has 6 nitrogen and oxygen atoms in total. The van der Waals surface area contributed by atoms with Gasteiger partial charge in [0, 0.05) is 27.2 Å². The van der Waals surface area contributed by atoms with E-state index in [4.69, 9.17) is 4.18 Å². The average molecular weight is 342 g/mol. The van der Waals surface area contributed by atoms with E-state index in [0.29, 0.717) is 19.0 Å². The Balaban J connectivity index is 2.94. The number of hydrogen-bond acceptors (Lipinski definition) is 4. The van der Waals surface area contributed by atoms with Gasteiger partial charge in [0.25, 0.3) is 0 Å². The van der Waals surface area contributed by atoms with Crippen LogP contribution in [0.25, 0.3) is 0 Å². The third-order valence-electron chi connectivity index (χ3n) is 3.09. The van der Waals surface area contributed by atoms with Gasteiger partial charge in [-0.1, -0.05) is 26.0 Å². The number of benzene rings is 1. The Morgan fingerprint density at radius 2 is 1.91 bits per heavy atom. The average Bonchev–Trinajstić information content (AvgIpc) is 2.45. The van der Waals surface area contributed by atoms with Gasteiger partial charge in [-0.15, -0.1) is 0 Å². The van der Waals surface area contributed by atoms with Gasteiger partial charge in [-0.05, 0) is 30.5 Å². The Bertz CT molecular complexity index is 627. The Morgan fingerprint density at radius 3 is 2.43 bits per heavy atom. The largest absolute Gasteiger partial charge is 0.382 e. The van der Waals surface area contributed by atoms with Gasteiger partial charge in [0.15, 0.2) is 0 Å². The number of carbonyl (C=O) groups excluding carboxylic acids is 1. The highest BCUT2D eigenvalue weighted by Crippen LogP contribution is 2.18. The molecule has 2 amide bonds. The molecule has 130 valence electrons. The van der Waals surface area contributed by atoms with Crippen LogP contribution in [0.1, 0.15) is 26.3 Å². The van der Waals surface area contributed by atoms with Crippen molar-refractivity contribution in [3.8, 4) is 5.75 Å². The molecule has 0 saturated heterocycles. The highest BCUT2D eigenvalue weighted by molar-refractivity contribution is 7.87. The summed E-state index contributed by atoms with van der Waals surface area (Å²) in [5, 5.41) is 0. The van der Waals surface area contributed by atoms with Gasteiger partial charge >= 0.3 is 16.1 Å². The fraction of sp³-hybridized carbons (Fsp3) is 0.562. The first-order chi connectivity index (χ1) is 10.6. The molecular formula is C16H26N2O4S. The van der Waals surface area contributed by atoms with E-state index < -0.39 is 10.1 Å². The summed E-state index contributed by atoms with van der Waals surface area (Å²) in [5.74, 6) is 0.514. The standard InChI is InChI=1S/C16H26N2O4S/c1-6-23(20,21)22-15-9-7-8-14(10-15)12-18(11-13(2)3)16(19)17(4)5/h7-10,13H,6,11-12H2,1-5H3. The first-order valence-corrected chi connectivity index (χ1v) is 9.19. The van der Waals surface area contributed by atoms with Crippen molar-refractivity contribution in [3.05, 3.63) is 29.8 Å². The number of rotatable bonds is 7. The van der Waals surface area contributed by atoms with E-state index in [2.05, 4.69) is 0 Å². The number of nitrogens with zero attached hydrogens (tertiary/aromatic N) is 2. The number of urea groups is 1.